The number of benzene rings is 1. The van der Waals surface area contributed by atoms with Crippen molar-refractivity contribution in [1.82, 2.24) is 15.1 Å². The number of hydrogen-bond acceptors (Lipinski definition) is 5. The van der Waals surface area contributed by atoms with Crippen molar-refractivity contribution in [1.29, 1.82) is 0 Å². The van der Waals surface area contributed by atoms with Crippen LogP contribution in [0.5, 0.6) is 5.75 Å². The number of nitrogens with one attached hydrogen (secondary N) is 1. The highest BCUT2D eigenvalue weighted by Crippen LogP contribution is 2.31. The first-order valence-electron chi connectivity index (χ1n) is 8.85. The molecule has 2 aromatic rings. The summed E-state index contributed by atoms with van der Waals surface area (Å²) < 4.78 is 30.8. The quantitative estimate of drug-likeness (QED) is 0.865. The van der Waals surface area contributed by atoms with Crippen molar-refractivity contribution in [2.45, 2.75) is 38.8 Å². The molecule has 2 heterocycles. The van der Waals surface area contributed by atoms with Gasteiger partial charge in [-0.3, -0.25) is 9.48 Å². The second kappa shape index (κ2) is 6.99. The van der Waals surface area contributed by atoms with E-state index in [4.69, 9.17) is 4.74 Å². The summed E-state index contributed by atoms with van der Waals surface area (Å²) in [5, 5.41) is 7.37. The van der Waals surface area contributed by atoms with Crippen LogP contribution in [-0.2, 0) is 9.84 Å². The van der Waals surface area contributed by atoms with Crippen LogP contribution in [0.15, 0.2) is 30.3 Å². The molecule has 1 aliphatic heterocycles. The SMILES string of the molecule is COc1ccc(-c2cc(C(=O)NC(C)(C)C)nn2C2CCS(=O)(=O)C2)cc1. The summed E-state index contributed by atoms with van der Waals surface area (Å²) in [6.45, 7) is 5.70. The molecule has 1 aromatic carbocycles. The van der Waals surface area contributed by atoms with Crippen LogP contribution in [0.25, 0.3) is 11.3 Å². The van der Waals surface area contributed by atoms with E-state index in [2.05, 4.69) is 10.4 Å². The molecule has 1 fully saturated rings. The van der Waals surface area contributed by atoms with Crippen LogP contribution >= 0.6 is 0 Å². The third-order valence-electron chi connectivity index (χ3n) is 4.40. The van der Waals surface area contributed by atoms with Gasteiger partial charge in [0.1, 0.15) is 5.75 Å². The van der Waals surface area contributed by atoms with Crippen molar-refractivity contribution in [2.75, 3.05) is 18.6 Å². The molecule has 0 spiro atoms. The van der Waals surface area contributed by atoms with E-state index in [1.807, 2.05) is 45.0 Å². The molecular weight excluding hydrogens is 366 g/mol. The maximum atomic E-state index is 12.6. The Balaban J connectivity index is 2.02. The number of carbonyl (C=O) groups excluding carboxylic acids is 1. The molecule has 27 heavy (non-hydrogen) atoms. The Morgan fingerprint density at radius 2 is 1.93 bits per heavy atom. The number of aromatic nitrogens is 2. The Kier molecular flexibility index (Phi) is 5.03. The normalized spacial score (nSPS) is 19.0. The van der Waals surface area contributed by atoms with Crippen LogP contribution in [0.2, 0.25) is 0 Å². The fraction of sp³-hybridized carbons (Fsp3) is 0.474. The van der Waals surface area contributed by atoms with Gasteiger partial charge in [0, 0.05) is 11.1 Å². The van der Waals surface area contributed by atoms with Gasteiger partial charge >= 0.3 is 0 Å². The summed E-state index contributed by atoms with van der Waals surface area (Å²) in [5.74, 6) is 0.622. The molecule has 1 aliphatic rings. The second-order valence-corrected chi connectivity index (χ2v) is 10.1. The Morgan fingerprint density at radius 3 is 2.44 bits per heavy atom. The molecule has 1 aromatic heterocycles. The van der Waals surface area contributed by atoms with Gasteiger partial charge in [-0.25, -0.2) is 8.42 Å². The predicted octanol–water partition coefficient (Wildman–Crippen LogP) is 2.45. The Morgan fingerprint density at radius 1 is 1.26 bits per heavy atom. The Labute approximate surface area is 159 Å². The topological polar surface area (TPSA) is 90.3 Å². The van der Waals surface area contributed by atoms with E-state index in [-0.39, 0.29) is 29.1 Å². The number of methoxy groups -OCH3 is 1. The summed E-state index contributed by atoms with van der Waals surface area (Å²) in [4.78, 5) is 12.6. The predicted molar refractivity (Wildman–Crippen MR) is 104 cm³/mol. The standard InChI is InChI=1S/C19H25N3O4S/c1-19(2,3)20-18(23)16-11-17(13-5-7-15(26-4)8-6-13)22(21-16)14-9-10-27(24,25)12-14/h5-8,11,14H,9-10,12H2,1-4H3,(H,20,23). The van der Waals surface area contributed by atoms with Gasteiger partial charge < -0.3 is 10.1 Å². The molecule has 3 rings (SSSR count). The van der Waals surface area contributed by atoms with Gasteiger partial charge in [0.25, 0.3) is 5.91 Å². The molecule has 0 radical (unpaired) electrons. The van der Waals surface area contributed by atoms with Crippen molar-refractivity contribution in [3.63, 3.8) is 0 Å². The van der Waals surface area contributed by atoms with Gasteiger partial charge in [-0.2, -0.15) is 5.10 Å². The monoisotopic (exact) mass is 391 g/mol. The van der Waals surface area contributed by atoms with Crippen molar-refractivity contribution in [3.05, 3.63) is 36.0 Å². The van der Waals surface area contributed by atoms with Crippen LogP contribution in [0, 0.1) is 0 Å². The third kappa shape index (κ3) is 4.50. The largest absolute Gasteiger partial charge is 0.497 e. The molecule has 7 nitrogen and oxygen atoms in total. The van der Waals surface area contributed by atoms with E-state index in [1.165, 1.54) is 0 Å². The first kappa shape index (κ1) is 19.4. The second-order valence-electron chi connectivity index (χ2n) is 7.85. The minimum atomic E-state index is -3.07. The number of hydrogen-bond donors (Lipinski definition) is 1. The number of nitrogens with zero attached hydrogens (tertiary/aromatic N) is 2. The third-order valence-corrected chi connectivity index (χ3v) is 6.15. The van der Waals surface area contributed by atoms with E-state index < -0.39 is 15.4 Å². The van der Waals surface area contributed by atoms with Gasteiger partial charge in [0.2, 0.25) is 0 Å². The Bertz CT molecular complexity index is 940. The summed E-state index contributed by atoms with van der Waals surface area (Å²) >= 11 is 0. The smallest absolute Gasteiger partial charge is 0.272 e. The van der Waals surface area contributed by atoms with E-state index in [0.29, 0.717) is 6.42 Å². The van der Waals surface area contributed by atoms with Crippen LogP contribution < -0.4 is 10.1 Å². The molecule has 146 valence electrons. The molecule has 0 saturated carbocycles. The lowest BCUT2D eigenvalue weighted by molar-refractivity contribution is 0.0913. The van der Waals surface area contributed by atoms with Crippen molar-refractivity contribution >= 4 is 15.7 Å². The zero-order valence-electron chi connectivity index (χ0n) is 16.0. The van der Waals surface area contributed by atoms with Gasteiger partial charge in [-0.15, -0.1) is 0 Å². The lowest BCUT2D eigenvalue weighted by atomic mass is 10.1. The van der Waals surface area contributed by atoms with Gasteiger partial charge in [0.15, 0.2) is 15.5 Å². The van der Waals surface area contributed by atoms with Crippen molar-refractivity contribution in [2.24, 2.45) is 0 Å². The van der Waals surface area contributed by atoms with E-state index in [9.17, 15) is 13.2 Å². The molecular formula is C19H25N3O4S. The highest BCUT2D eigenvalue weighted by Gasteiger charge is 2.32. The summed E-state index contributed by atoms with van der Waals surface area (Å²) in [5.41, 5.74) is 1.46. The van der Waals surface area contributed by atoms with E-state index >= 15 is 0 Å². The highest BCUT2D eigenvalue weighted by atomic mass is 32.2. The number of amides is 1. The van der Waals surface area contributed by atoms with Gasteiger partial charge in [-0.05, 0) is 57.5 Å². The minimum Gasteiger partial charge on any atom is -0.497 e. The maximum Gasteiger partial charge on any atom is 0.272 e. The maximum absolute atomic E-state index is 12.6. The lowest BCUT2D eigenvalue weighted by Crippen LogP contribution is -2.40. The number of rotatable bonds is 4. The molecule has 1 unspecified atom stereocenters. The lowest BCUT2D eigenvalue weighted by Gasteiger charge is -2.19. The average molecular weight is 391 g/mol. The minimum absolute atomic E-state index is 0.0398. The zero-order valence-corrected chi connectivity index (χ0v) is 16.8. The van der Waals surface area contributed by atoms with Gasteiger partial charge in [-0.1, -0.05) is 0 Å². The van der Waals surface area contributed by atoms with E-state index in [0.717, 1.165) is 17.0 Å². The fourth-order valence-corrected chi connectivity index (χ4v) is 4.83. The molecule has 0 bridgehead atoms. The van der Waals surface area contributed by atoms with Crippen LogP contribution in [0.4, 0.5) is 0 Å². The van der Waals surface area contributed by atoms with Gasteiger partial charge in [0.05, 0.1) is 30.4 Å². The Hall–Kier alpha value is -2.35. The number of carbonyl (C=O) groups is 1. The summed E-state index contributed by atoms with van der Waals surface area (Å²) in [6.07, 6.45) is 0.494. The van der Waals surface area contributed by atoms with Crippen molar-refractivity contribution < 1.29 is 17.9 Å². The fourth-order valence-electron chi connectivity index (χ4n) is 3.13. The first-order valence-corrected chi connectivity index (χ1v) is 10.7. The summed E-state index contributed by atoms with van der Waals surface area (Å²) in [7, 11) is -1.48. The average Bonchev–Trinajstić information content (AvgIpc) is 3.17. The molecule has 8 heteroatoms. The molecule has 1 atom stereocenters. The van der Waals surface area contributed by atoms with Crippen LogP contribution in [0.1, 0.15) is 43.7 Å². The number of ether oxygens (including phenoxy) is 1. The highest BCUT2D eigenvalue weighted by molar-refractivity contribution is 7.91. The summed E-state index contributed by atoms with van der Waals surface area (Å²) in [6, 6.07) is 8.85. The molecule has 1 N–H and O–H groups in total. The number of sulfone groups is 1. The molecule has 0 aliphatic carbocycles. The molecule has 1 saturated heterocycles. The zero-order chi connectivity index (χ0) is 19.8. The van der Waals surface area contributed by atoms with Crippen LogP contribution in [-0.4, -0.2) is 48.3 Å². The molecule has 1 amide bonds. The first-order chi connectivity index (χ1) is 12.6. The van der Waals surface area contributed by atoms with Crippen LogP contribution in [0.3, 0.4) is 0 Å². The van der Waals surface area contributed by atoms with Crippen molar-refractivity contribution in [3.8, 4) is 17.0 Å². The van der Waals surface area contributed by atoms with E-state index in [1.54, 1.807) is 17.9 Å².